The number of halogens is 1. The van der Waals surface area contributed by atoms with Gasteiger partial charge in [0.15, 0.2) is 6.73 Å². The fourth-order valence-corrected chi connectivity index (χ4v) is 1.87. The first-order chi connectivity index (χ1) is 7.24. The summed E-state index contributed by atoms with van der Waals surface area (Å²) in [6.07, 6.45) is 0. The Hall–Kier alpha value is -1.22. The summed E-state index contributed by atoms with van der Waals surface area (Å²) in [7, 11) is 0. The Labute approximate surface area is 93.6 Å². The van der Waals surface area contributed by atoms with Crippen molar-refractivity contribution in [2.45, 2.75) is 6.92 Å². The van der Waals surface area contributed by atoms with E-state index in [-0.39, 0.29) is 5.91 Å². The molecule has 1 amide bonds. The van der Waals surface area contributed by atoms with Crippen LogP contribution < -0.4 is 4.74 Å². The van der Waals surface area contributed by atoms with Gasteiger partial charge in [0, 0.05) is 12.4 Å². The highest BCUT2D eigenvalue weighted by atomic mass is 35.5. The van der Waals surface area contributed by atoms with Crippen LogP contribution in [0, 0.1) is 6.92 Å². The van der Waals surface area contributed by atoms with Gasteiger partial charge in [0.2, 0.25) is 0 Å². The Balaban J connectivity index is 2.36. The van der Waals surface area contributed by atoms with E-state index in [9.17, 15) is 4.79 Å². The topological polar surface area (TPSA) is 29.5 Å². The number of amides is 1. The van der Waals surface area contributed by atoms with Crippen molar-refractivity contribution in [1.29, 1.82) is 0 Å². The monoisotopic (exact) mass is 225 g/mol. The highest BCUT2D eigenvalue weighted by Crippen LogP contribution is 2.27. The Morgan fingerprint density at radius 1 is 1.53 bits per heavy atom. The molecule has 1 aliphatic heterocycles. The van der Waals surface area contributed by atoms with Crippen LogP contribution in [0.3, 0.4) is 0 Å². The molecule has 0 aromatic heterocycles. The summed E-state index contributed by atoms with van der Waals surface area (Å²) in [5.74, 6) is 1.11. The number of rotatable bonds is 2. The number of ether oxygens (including phenoxy) is 1. The van der Waals surface area contributed by atoms with Crippen molar-refractivity contribution in [1.82, 2.24) is 4.90 Å². The summed E-state index contributed by atoms with van der Waals surface area (Å²) in [5, 5.41) is 0. The number of alkyl halides is 1. The molecule has 0 unspecified atom stereocenters. The van der Waals surface area contributed by atoms with Gasteiger partial charge in [-0.1, -0.05) is 12.1 Å². The summed E-state index contributed by atoms with van der Waals surface area (Å²) >= 11 is 5.62. The lowest BCUT2D eigenvalue weighted by atomic mass is 10.1. The lowest BCUT2D eigenvalue weighted by molar-refractivity contribution is 0.0539. The Morgan fingerprint density at radius 3 is 3.07 bits per heavy atom. The molecule has 1 aliphatic rings. The second-order valence-electron chi connectivity index (χ2n) is 3.48. The molecule has 1 aromatic carbocycles. The van der Waals surface area contributed by atoms with Crippen LogP contribution in [0.25, 0.3) is 0 Å². The van der Waals surface area contributed by atoms with Gasteiger partial charge >= 0.3 is 0 Å². The zero-order valence-corrected chi connectivity index (χ0v) is 9.25. The maximum atomic E-state index is 12.0. The van der Waals surface area contributed by atoms with Gasteiger partial charge < -0.3 is 9.64 Å². The molecule has 4 heteroatoms. The molecule has 0 saturated carbocycles. The maximum absolute atomic E-state index is 12.0. The number of nitrogens with zero attached hydrogens (tertiary/aromatic N) is 1. The number of fused-ring (bicyclic) bond motifs is 1. The normalized spacial score (nSPS) is 14.8. The van der Waals surface area contributed by atoms with E-state index in [1.165, 1.54) is 0 Å². The van der Waals surface area contributed by atoms with Gasteiger partial charge in [-0.2, -0.15) is 0 Å². The number of carbonyl (C=O) groups is 1. The summed E-state index contributed by atoms with van der Waals surface area (Å²) in [6, 6.07) is 5.61. The van der Waals surface area contributed by atoms with Gasteiger partial charge in [0.1, 0.15) is 5.75 Å². The molecular weight excluding hydrogens is 214 g/mol. The van der Waals surface area contributed by atoms with Crippen molar-refractivity contribution in [3.63, 3.8) is 0 Å². The van der Waals surface area contributed by atoms with Crippen molar-refractivity contribution in [2.24, 2.45) is 0 Å². The fourth-order valence-electron chi connectivity index (χ4n) is 1.67. The fraction of sp³-hybridized carbons (Fsp3) is 0.364. The van der Waals surface area contributed by atoms with Gasteiger partial charge in [-0.05, 0) is 18.6 Å². The van der Waals surface area contributed by atoms with Crippen molar-refractivity contribution < 1.29 is 9.53 Å². The highest BCUT2D eigenvalue weighted by molar-refractivity contribution is 6.18. The van der Waals surface area contributed by atoms with Crippen molar-refractivity contribution in [2.75, 3.05) is 19.2 Å². The third kappa shape index (κ3) is 1.79. The molecule has 0 radical (unpaired) electrons. The minimum atomic E-state index is 0.00926. The number of hydrogen-bond acceptors (Lipinski definition) is 2. The van der Waals surface area contributed by atoms with Crippen LogP contribution in [0.1, 0.15) is 15.9 Å². The summed E-state index contributed by atoms with van der Waals surface area (Å²) in [4.78, 5) is 13.6. The van der Waals surface area contributed by atoms with Gasteiger partial charge in [-0.3, -0.25) is 4.79 Å². The second kappa shape index (κ2) is 4.11. The van der Waals surface area contributed by atoms with E-state index in [0.29, 0.717) is 30.5 Å². The van der Waals surface area contributed by atoms with Crippen LogP contribution in [0.2, 0.25) is 0 Å². The van der Waals surface area contributed by atoms with Crippen LogP contribution in [0.4, 0.5) is 0 Å². The van der Waals surface area contributed by atoms with Gasteiger partial charge in [-0.25, -0.2) is 0 Å². The van der Waals surface area contributed by atoms with Crippen LogP contribution in [-0.2, 0) is 0 Å². The summed E-state index contributed by atoms with van der Waals surface area (Å²) in [5.41, 5.74) is 1.60. The van der Waals surface area contributed by atoms with Crippen LogP contribution in [0.5, 0.6) is 5.75 Å². The smallest absolute Gasteiger partial charge is 0.260 e. The number of aryl methyl sites for hydroxylation is 1. The average molecular weight is 226 g/mol. The van der Waals surface area contributed by atoms with E-state index in [1.807, 2.05) is 25.1 Å². The van der Waals surface area contributed by atoms with E-state index < -0.39 is 0 Å². The second-order valence-corrected chi connectivity index (χ2v) is 3.86. The third-order valence-electron chi connectivity index (χ3n) is 2.47. The molecule has 0 spiro atoms. The number of benzene rings is 1. The predicted octanol–water partition coefficient (Wildman–Crippen LogP) is 2.03. The Kier molecular flexibility index (Phi) is 2.82. The first-order valence-electron chi connectivity index (χ1n) is 4.81. The third-order valence-corrected chi connectivity index (χ3v) is 2.63. The number of carbonyl (C=O) groups excluding carboxylic acids is 1. The molecule has 0 bridgehead atoms. The molecule has 3 nitrogen and oxygen atoms in total. The predicted molar refractivity (Wildman–Crippen MR) is 58.4 cm³/mol. The summed E-state index contributed by atoms with van der Waals surface area (Å²) < 4.78 is 5.49. The molecule has 1 aromatic rings. The molecule has 0 saturated heterocycles. The van der Waals surface area contributed by atoms with Gasteiger partial charge in [0.25, 0.3) is 5.91 Å². The number of hydrogen-bond donors (Lipinski definition) is 0. The van der Waals surface area contributed by atoms with E-state index >= 15 is 0 Å². The molecule has 80 valence electrons. The van der Waals surface area contributed by atoms with E-state index in [0.717, 1.165) is 5.56 Å². The lowest BCUT2D eigenvalue weighted by Gasteiger charge is -2.28. The molecule has 2 rings (SSSR count). The van der Waals surface area contributed by atoms with Crippen molar-refractivity contribution in [3.8, 4) is 5.75 Å². The average Bonchev–Trinajstić information content (AvgIpc) is 2.22. The molecule has 0 N–H and O–H groups in total. The van der Waals surface area contributed by atoms with Crippen molar-refractivity contribution >= 4 is 17.5 Å². The van der Waals surface area contributed by atoms with Crippen molar-refractivity contribution in [3.05, 3.63) is 29.3 Å². The van der Waals surface area contributed by atoms with Crippen LogP contribution in [0.15, 0.2) is 18.2 Å². The van der Waals surface area contributed by atoms with E-state index in [4.69, 9.17) is 16.3 Å². The standard InChI is InChI=1S/C11H12ClNO2/c1-8-3-2-4-9-10(8)11(14)13(6-5-12)7-15-9/h2-4H,5-7H2,1H3. The molecule has 0 aliphatic carbocycles. The maximum Gasteiger partial charge on any atom is 0.260 e. The molecule has 1 heterocycles. The quantitative estimate of drug-likeness (QED) is 0.721. The minimum Gasteiger partial charge on any atom is -0.472 e. The van der Waals surface area contributed by atoms with Gasteiger partial charge in [-0.15, -0.1) is 11.6 Å². The van der Waals surface area contributed by atoms with Crippen LogP contribution >= 0.6 is 11.6 Å². The van der Waals surface area contributed by atoms with Gasteiger partial charge in [0.05, 0.1) is 5.56 Å². The van der Waals surface area contributed by atoms with E-state index in [2.05, 4.69) is 0 Å². The molecular formula is C11H12ClNO2. The Morgan fingerprint density at radius 2 is 2.33 bits per heavy atom. The molecule has 15 heavy (non-hydrogen) atoms. The highest BCUT2D eigenvalue weighted by Gasteiger charge is 2.26. The zero-order valence-electron chi connectivity index (χ0n) is 8.50. The molecule has 0 fully saturated rings. The van der Waals surface area contributed by atoms with E-state index in [1.54, 1.807) is 4.90 Å². The Bertz CT molecular complexity index is 392. The summed E-state index contributed by atoms with van der Waals surface area (Å²) in [6.45, 7) is 2.72. The van der Waals surface area contributed by atoms with Crippen LogP contribution in [-0.4, -0.2) is 30.0 Å². The SMILES string of the molecule is Cc1cccc2c1C(=O)N(CCCl)CO2. The minimum absolute atomic E-state index is 0.00926. The largest absolute Gasteiger partial charge is 0.472 e. The lowest BCUT2D eigenvalue weighted by Crippen LogP contribution is -2.40. The first-order valence-corrected chi connectivity index (χ1v) is 5.35. The zero-order chi connectivity index (χ0) is 10.8. The molecule has 0 atom stereocenters. The first kappa shape index (κ1) is 10.3.